The summed E-state index contributed by atoms with van der Waals surface area (Å²) in [7, 11) is 0. The number of aliphatic hydroxyl groups is 1. The lowest BCUT2D eigenvalue weighted by Gasteiger charge is -2.36. The fraction of sp³-hybridized carbons (Fsp3) is 0.562. The number of amides is 1. The number of likely N-dealkylation sites (tertiary alicyclic amines) is 1. The van der Waals surface area contributed by atoms with Crippen LogP contribution in [-0.4, -0.2) is 40.9 Å². The number of hydrogen-bond donors (Lipinski definition) is 1. The predicted octanol–water partition coefficient (Wildman–Crippen LogP) is 3.43. The Bertz CT molecular complexity index is 495. The zero-order valence-electron chi connectivity index (χ0n) is 12.7. The van der Waals surface area contributed by atoms with Gasteiger partial charge in [-0.05, 0) is 44.9 Å². The largest absolute Gasteiger partial charge is 0.444 e. The Kier molecular flexibility index (Phi) is 4.79. The van der Waals surface area contributed by atoms with Crippen molar-refractivity contribution in [1.29, 1.82) is 0 Å². The van der Waals surface area contributed by atoms with Crippen LogP contribution in [-0.2, 0) is 4.74 Å². The molecule has 1 amide bonds. The monoisotopic (exact) mass is 311 g/mol. The smallest absolute Gasteiger partial charge is 0.410 e. The summed E-state index contributed by atoms with van der Waals surface area (Å²) in [5, 5.41) is 11.0. The van der Waals surface area contributed by atoms with E-state index in [1.807, 2.05) is 45.0 Å². The highest BCUT2D eigenvalue weighted by Gasteiger charge is 2.33. The molecule has 1 aromatic rings. The van der Waals surface area contributed by atoms with Gasteiger partial charge in [0.15, 0.2) is 0 Å². The molecule has 0 unspecified atom stereocenters. The summed E-state index contributed by atoms with van der Waals surface area (Å²) in [4.78, 5) is 13.6. The van der Waals surface area contributed by atoms with Gasteiger partial charge >= 0.3 is 6.09 Å². The van der Waals surface area contributed by atoms with E-state index in [9.17, 15) is 9.90 Å². The molecule has 1 saturated heterocycles. The fourth-order valence-electron chi connectivity index (χ4n) is 2.52. The van der Waals surface area contributed by atoms with E-state index in [2.05, 4.69) is 0 Å². The summed E-state index contributed by atoms with van der Waals surface area (Å²) in [5.74, 6) is 0.0287. The molecule has 2 rings (SSSR count). The SMILES string of the molecule is CC(C)(C)OC(=O)N1CC[C@@H](c2ccc(Cl)cc2)[C@@H](O)C1. The van der Waals surface area contributed by atoms with Crippen molar-refractivity contribution in [2.45, 2.75) is 44.8 Å². The van der Waals surface area contributed by atoms with Gasteiger partial charge in [-0.15, -0.1) is 0 Å². The summed E-state index contributed by atoms with van der Waals surface area (Å²) in [6.45, 7) is 6.38. The van der Waals surface area contributed by atoms with Gasteiger partial charge in [0.05, 0.1) is 12.6 Å². The molecule has 1 fully saturated rings. The minimum absolute atomic E-state index is 0.0287. The Hall–Kier alpha value is -1.26. The summed E-state index contributed by atoms with van der Waals surface area (Å²) >= 11 is 5.88. The Morgan fingerprint density at radius 2 is 1.95 bits per heavy atom. The van der Waals surface area contributed by atoms with Gasteiger partial charge in [0.1, 0.15) is 5.60 Å². The average molecular weight is 312 g/mol. The molecule has 4 nitrogen and oxygen atoms in total. The third-order valence-electron chi connectivity index (χ3n) is 3.53. The molecule has 1 heterocycles. The number of rotatable bonds is 1. The standard InChI is InChI=1S/C16H22ClNO3/c1-16(2,3)21-15(20)18-9-8-13(14(19)10-18)11-4-6-12(17)7-5-11/h4-7,13-14,19H,8-10H2,1-3H3/t13-,14-/m0/s1. The molecule has 0 aliphatic carbocycles. The van der Waals surface area contributed by atoms with Gasteiger partial charge in [-0.2, -0.15) is 0 Å². The molecule has 1 N–H and O–H groups in total. The number of halogens is 1. The van der Waals surface area contributed by atoms with Gasteiger partial charge in [0.25, 0.3) is 0 Å². The van der Waals surface area contributed by atoms with Gasteiger partial charge in [0.2, 0.25) is 0 Å². The van der Waals surface area contributed by atoms with Gasteiger partial charge in [-0.3, -0.25) is 0 Å². The number of hydrogen-bond acceptors (Lipinski definition) is 3. The molecule has 1 aromatic carbocycles. The Labute approximate surface area is 130 Å². The zero-order chi connectivity index (χ0) is 15.6. The minimum Gasteiger partial charge on any atom is -0.444 e. The number of aliphatic hydroxyl groups excluding tert-OH is 1. The summed E-state index contributed by atoms with van der Waals surface area (Å²) in [5.41, 5.74) is 0.533. The van der Waals surface area contributed by atoms with Crippen molar-refractivity contribution in [3.63, 3.8) is 0 Å². The first-order valence-corrected chi connectivity index (χ1v) is 7.55. The first kappa shape index (κ1) is 16.1. The van der Waals surface area contributed by atoms with Crippen LogP contribution in [0.25, 0.3) is 0 Å². The zero-order valence-corrected chi connectivity index (χ0v) is 13.4. The molecule has 2 atom stereocenters. The van der Waals surface area contributed by atoms with Gasteiger partial charge in [-0.1, -0.05) is 23.7 Å². The van der Waals surface area contributed by atoms with E-state index in [4.69, 9.17) is 16.3 Å². The summed E-state index contributed by atoms with van der Waals surface area (Å²) in [6.07, 6.45) is -0.245. The maximum absolute atomic E-state index is 12.0. The molecule has 5 heteroatoms. The van der Waals surface area contributed by atoms with Crippen LogP contribution in [0, 0.1) is 0 Å². The van der Waals surface area contributed by atoms with Gasteiger partial charge in [0, 0.05) is 17.5 Å². The third-order valence-corrected chi connectivity index (χ3v) is 3.78. The minimum atomic E-state index is -0.590. The van der Waals surface area contributed by atoms with E-state index in [1.54, 1.807) is 4.90 Å². The second-order valence-corrected chi connectivity index (χ2v) is 6.88. The molecule has 0 radical (unpaired) electrons. The Morgan fingerprint density at radius 3 is 2.48 bits per heavy atom. The van der Waals surface area contributed by atoms with Crippen molar-refractivity contribution in [2.75, 3.05) is 13.1 Å². The number of benzene rings is 1. The van der Waals surface area contributed by atoms with Crippen LogP contribution in [0.4, 0.5) is 4.79 Å². The molecule has 0 spiro atoms. The van der Waals surface area contributed by atoms with Crippen LogP contribution >= 0.6 is 11.6 Å². The molecular formula is C16H22ClNO3. The van der Waals surface area contributed by atoms with E-state index < -0.39 is 11.7 Å². The lowest BCUT2D eigenvalue weighted by Crippen LogP contribution is -2.47. The number of carbonyl (C=O) groups excluding carboxylic acids is 1. The molecule has 1 aliphatic heterocycles. The molecule has 0 bridgehead atoms. The van der Waals surface area contributed by atoms with Crippen LogP contribution < -0.4 is 0 Å². The Morgan fingerprint density at radius 1 is 1.33 bits per heavy atom. The molecule has 21 heavy (non-hydrogen) atoms. The van der Waals surface area contributed by atoms with E-state index in [0.29, 0.717) is 24.5 Å². The maximum atomic E-state index is 12.0. The van der Waals surface area contributed by atoms with E-state index in [-0.39, 0.29) is 12.0 Å². The molecular weight excluding hydrogens is 290 g/mol. The lowest BCUT2D eigenvalue weighted by atomic mass is 9.87. The van der Waals surface area contributed by atoms with Gasteiger partial charge < -0.3 is 14.7 Å². The number of β-amino-alcohol motifs (C(OH)–C–C–N with tert-alkyl or cyclic N) is 1. The van der Waals surface area contributed by atoms with Crippen molar-refractivity contribution < 1.29 is 14.6 Å². The van der Waals surface area contributed by atoms with Crippen molar-refractivity contribution in [2.24, 2.45) is 0 Å². The van der Waals surface area contributed by atoms with E-state index >= 15 is 0 Å². The van der Waals surface area contributed by atoms with Crippen molar-refractivity contribution >= 4 is 17.7 Å². The van der Waals surface area contributed by atoms with Crippen LogP contribution in [0.1, 0.15) is 38.7 Å². The number of carbonyl (C=O) groups is 1. The fourth-order valence-corrected chi connectivity index (χ4v) is 2.65. The summed E-state index contributed by atoms with van der Waals surface area (Å²) < 4.78 is 5.34. The number of ether oxygens (including phenoxy) is 1. The van der Waals surface area contributed by atoms with Crippen LogP contribution in [0.3, 0.4) is 0 Å². The normalized spacial score (nSPS) is 23.0. The molecule has 0 aromatic heterocycles. The first-order valence-electron chi connectivity index (χ1n) is 7.18. The maximum Gasteiger partial charge on any atom is 0.410 e. The highest BCUT2D eigenvalue weighted by atomic mass is 35.5. The lowest BCUT2D eigenvalue weighted by molar-refractivity contribution is -0.00151. The second kappa shape index (κ2) is 6.24. The molecule has 116 valence electrons. The summed E-state index contributed by atoms with van der Waals surface area (Å²) in [6, 6.07) is 7.51. The predicted molar refractivity (Wildman–Crippen MR) is 82.6 cm³/mol. The van der Waals surface area contributed by atoms with Crippen molar-refractivity contribution in [3.05, 3.63) is 34.9 Å². The number of nitrogens with zero attached hydrogens (tertiary/aromatic N) is 1. The van der Waals surface area contributed by atoms with E-state index in [1.165, 1.54) is 0 Å². The van der Waals surface area contributed by atoms with Crippen LogP contribution in [0.2, 0.25) is 5.02 Å². The second-order valence-electron chi connectivity index (χ2n) is 6.44. The van der Waals surface area contributed by atoms with E-state index in [0.717, 1.165) is 5.56 Å². The van der Waals surface area contributed by atoms with Gasteiger partial charge in [-0.25, -0.2) is 4.79 Å². The number of piperidine rings is 1. The Balaban J connectivity index is 1.99. The van der Waals surface area contributed by atoms with Crippen molar-refractivity contribution in [1.82, 2.24) is 4.90 Å². The van der Waals surface area contributed by atoms with Crippen LogP contribution in [0.15, 0.2) is 24.3 Å². The third kappa shape index (κ3) is 4.35. The highest BCUT2D eigenvalue weighted by Crippen LogP contribution is 2.29. The quantitative estimate of drug-likeness (QED) is 0.864. The molecule has 0 saturated carbocycles. The average Bonchev–Trinajstić information content (AvgIpc) is 2.38. The van der Waals surface area contributed by atoms with Crippen LogP contribution in [0.5, 0.6) is 0 Å². The highest BCUT2D eigenvalue weighted by molar-refractivity contribution is 6.30. The molecule has 1 aliphatic rings. The first-order chi connectivity index (χ1) is 9.76. The van der Waals surface area contributed by atoms with Crippen molar-refractivity contribution in [3.8, 4) is 0 Å². The topological polar surface area (TPSA) is 49.8 Å².